The maximum Gasteiger partial charge on any atom is 0.191 e. The van der Waals surface area contributed by atoms with E-state index in [4.69, 9.17) is 0 Å². The first-order valence-corrected chi connectivity index (χ1v) is 6.67. The number of anilines is 1. The third-order valence-corrected chi connectivity index (χ3v) is 2.91. The lowest BCUT2D eigenvalue weighted by Crippen LogP contribution is -2.41. The lowest BCUT2D eigenvalue weighted by molar-refractivity contribution is 0.623. The second-order valence-electron chi connectivity index (χ2n) is 4.76. The first-order chi connectivity index (χ1) is 9.06. The van der Waals surface area contributed by atoms with E-state index >= 15 is 0 Å². The zero-order valence-electron chi connectivity index (χ0n) is 12.6. The van der Waals surface area contributed by atoms with E-state index in [2.05, 4.69) is 34.5 Å². The third kappa shape index (κ3) is 5.16. The summed E-state index contributed by atoms with van der Waals surface area (Å²) in [5, 5.41) is 6.60. The number of hydrogen-bond acceptors (Lipinski definition) is 3. The number of guanidine groups is 1. The zero-order valence-corrected chi connectivity index (χ0v) is 12.6. The molecular formula is C14H25N5. The van der Waals surface area contributed by atoms with Crippen LogP contribution in [-0.4, -0.2) is 38.1 Å². The summed E-state index contributed by atoms with van der Waals surface area (Å²) in [6.45, 7) is 4.95. The first-order valence-electron chi connectivity index (χ1n) is 6.67. The summed E-state index contributed by atoms with van der Waals surface area (Å²) in [6.07, 6.45) is 1.06. The maximum atomic E-state index is 4.56. The van der Waals surface area contributed by atoms with Gasteiger partial charge in [0.25, 0.3) is 0 Å². The van der Waals surface area contributed by atoms with E-state index in [0.29, 0.717) is 12.6 Å². The van der Waals surface area contributed by atoms with Crippen molar-refractivity contribution in [2.75, 3.05) is 26.0 Å². The van der Waals surface area contributed by atoms with Crippen molar-refractivity contribution >= 4 is 11.8 Å². The number of nitrogens with one attached hydrogen (secondary N) is 2. The molecule has 1 atom stereocenters. The Balaban J connectivity index is 2.58. The van der Waals surface area contributed by atoms with Crippen molar-refractivity contribution in [2.45, 2.75) is 32.9 Å². The standard InChI is InChI=1S/C14H25N5/c1-6-11(2)17-14(15-3)16-10-12-8-7-9-13(18-12)19(4)5/h7-9,11H,6,10H2,1-5H3,(H2,15,16,17). The van der Waals surface area contributed by atoms with Crippen molar-refractivity contribution in [1.29, 1.82) is 0 Å². The molecule has 1 unspecified atom stereocenters. The van der Waals surface area contributed by atoms with Gasteiger partial charge in [0, 0.05) is 27.2 Å². The fourth-order valence-corrected chi connectivity index (χ4v) is 1.52. The van der Waals surface area contributed by atoms with Gasteiger partial charge < -0.3 is 15.5 Å². The number of rotatable bonds is 5. The highest BCUT2D eigenvalue weighted by Gasteiger charge is 2.04. The van der Waals surface area contributed by atoms with Crippen molar-refractivity contribution in [3.63, 3.8) is 0 Å². The normalized spacial score (nSPS) is 13.0. The van der Waals surface area contributed by atoms with Gasteiger partial charge in [0.05, 0.1) is 12.2 Å². The molecular weight excluding hydrogens is 238 g/mol. The van der Waals surface area contributed by atoms with Crippen molar-refractivity contribution < 1.29 is 0 Å². The van der Waals surface area contributed by atoms with Gasteiger partial charge in [-0.1, -0.05) is 13.0 Å². The van der Waals surface area contributed by atoms with Crippen LogP contribution >= 0.6 is 0 Å². The summed E-state index contributed by atoms with van der Waals surface area (Å²) < 4.78 is 0. The summed E-state index contributed by atoms with van der Waals surface area (Å²) in [6, 6.07) is 6.43. The summed E-state index contributed by atoms with van der Waals surface area (Å²) in [4.78, 5) is 10.8. The summed E-state index contributed by atoms with van der Waals surface area (Å²) in [7, 11) is 5.76. The van der Waals surface area contributed by atoms with Gasteiger partial charge in [0.2, 0.25) is 0 Å². The topological polar surface area (TPSA) is 52.6 Å². The molecule has 2 N–H and O–H groups in total. The molecule has 0 aromatic carbocycles. The minimum atomic E-state index is 0.410. The average molecular weight is 263 g/mol. The van der Waals surface area contributed by atoms with Gasteiger partial charge in [-0.25, -0.2) is 4.98 Å². The van der Waals surface area contributed by atoms with Crippen molar-refractivity contribution in [3.8, 4) is 0 Å². The Labute approximate surface area is 116 Å². The van der Waals surface area contributed by atoms with Crippen molar-refractivity contribution in [2.24, 2.45) is 4.99 Å². The fraction of sp³-hybridized carbons (Fsp3) is 0.571. The minimum Gasteiger partial charge on any atom is -0.363 e. The Morgan fingerprint density at radius 1 is 1.42 bits per heavy atom. The fourth-order valence-electron chi connectivity index (χ4n) is 1.52. The van der Waals surface area contributed by atoms with Crippen LogP contribution in [-0.2, 0) is 6.54 Å². The molecule has 1 rings (SSSR count). The Kier molecular flexibility index (Phi) is 6.12. The molecule has 1 heterocycles. The second kappa shape index (κ2) is 7.61. The molecule has 1 aromatic heterocycles. The Morgan fingerprint density at radius 2 is 2.16 bits per heavy atom. The van der Waals surface area contributed by atoms with E-state index in [-0.39, 0.29) is 0 Å². The van der Waals surface area contributed by atoms with Crippen molar-refractivity contribution in [3.05, 3.63) is 23.9 Å². The van der Waals surface area contributed by atoms with Crippen LogP contribution in [0.2, 0.25) is 0 Å². The molecule has 0 aliphatic heterocycles. The summed E-state index contributed by atoms with van der Waals surface area (Å²) in [5.74, 6) is 1.77. The third-order valence-electron chi connectivity index (χ3n) is 2.91. The van der Waals surface area contributed by atoms with E-state index < -0.39 is 0 Å². The Hall–Kier alpha value is -1.78. The lowest BCUT2D eigenvalue weighted by atomic mass is 10.3. The molecule has 0 saturated heterocycles. The first kappa shape index (κ1) is 15.3. The van der Waals surface area contributed by atoms with E-state index in [1.165, 1.54) is 0 Å². The SMILES string of the molecule is CCC(C)NC(=NC)NCc1cccc(N(C)C)n1. The van der Waals surface area contributed by atoms with E-state index in [1.807, 2.05) is 37.2 Å². The summed E-state index contributed by atoms with van der Waals surface area (Å²) >= 11 is 0. The second-order valence-corrected chi connectivity index (χ2v) is 4.76. The molecule has 0 spiro atoms. The average Bonchev–Trinajstić information content (AvgIpc) is 2.43. The highest BCUT2D eigenvalue weighted by atomic mass is 15.2. The molecule has 0 aliphatic carbocycles. The zero-order chi connectivity index (χ0) is 14.3. The number of hydrogen-bond donors (Lipinski definition) is 2. The van der Waals surface area contributed by atoms with Gasteiger partial charge in [0.15, 0.2) is 5.96 Å². The van der Waals surface area contributed by atoms with Gasteiger partial charge in [-0.15, -0.1) is 0 Å². The molecule has 1 aromatic rings. The number of nitrogens with zero attached hydrogens (tertiary/aromatic N) is 3. The van der Waals surface area contributed by atoms with Crippen LogP contribution < -0.4 is 15.5 Å². The number of aromatic nitrogens is 1. The highest BCUT2D eigenvalue weighted by molar-refractivity contribution is 5.79. The minimum absolute atomic E-state index is 0.410. The van der Waals surface area contributed by atoms with Gasteiger partial charge in [-0.3, -0.25) is 4.99 Å². The van der Waals surface area contributed by atoms with Crippen LogP contribution in [0.3, 0.4) is 0 Å². The van der Waals surface area contributed by atoms with Crippen LogP contribution in [0.25, 0.3) is 0 Å². The largest absolute Gasteiger partial charge is 0.363 e. The van der Waals surface area contributed by atoms with E-state index in [9.17, 15) is 0 Å². The van der Waals surface area contributed by atoms with Crippen LogP contribution in [0.5, 0.6) is 0 Å². The molecule has 0 radical (unpaired) electrons. The molecule has 0 bridgehead atoms. The van der Waals surface area contributed by atoms with Gasteiger partial charge in [0.1, 0.15) is 5.82 Å². The van der Waals surface area contributed by atoms with E-state index in [1.54, 1.807) is 7.05 Å². The highest BCUT2D eigenvalue weighted by Crippen LogP contribution is 2.07. The molecule has 0 aliphatic rings. The lowest BCUT2D eigenvalue weighted by Gasteiger charge is -2.17. The molecule has 5 heteroatoms. The van der Waals surface area contributed by atoms with Gasteiger partial charge >= 0.3 is 0 Å². The Morgan fingerprint density at radius 3 is 2.74 bits per heavy atom. The number of aliphatic imine (C=N–C) groups is 1. The van der Waals surface area contributed by atoms with Crippen LogP contribution in [0.1, 0.15) is 26.0 Å². The van der Waals surface area contributed by atoms with Crippen LogP contribution in [0.15, 0.2) is 23.2 Å². The molecule has 106 valence electrons. The molecule has 19 heavy (non-hydrogen) atoms. The van der Waals surface area contributed by atoms with Gasteiger partial charge in [-0.2, -0.15) is 0 Å². The number of pyridine rings is 1. The van der Waals surface area contributed by atoms with Crippen LogP contribution in [0.4, 0.5) is 5.82 Å². The maximum absolute atomic E-state index is 4.56. The van der Waals surface area contributed by atoms with Crippen LogP contribution in [0, 0.1) is 0 Å². The predicted octanol–water partition coefficient (Wildman–Crippen LogP) is 1.61. The molecule has 0 fully saturated rings. The summed E-state index contributed by atoms with van der Waals surface area (Å²) in [5.41, 5.74) is 0.998. The quantitative estimate of drug-likeness (QED) is 0.626. The monoisotopic (exact) mass is 263 g/mol. The molecule has 0 saturated carbocycles. The smallest absolute Gasteiger partial charge is 0.191 e. The Bertz CT molecular complexity index is 414. The van der Waals surface area contributed by atoms with Gasteiger partial charge in [-0.05, 0) is 25.5 Å². The molecule has 0 amide bonds. The van der Waals surface area contributed by atoms with Crippen molar-refractivity contribution in [1.82, 2.24) is 15.6 Å². The molecule has 5 nitrogen and oxygen atoms in total. The predicted molar refractivity (Wildman–Crippen MR) is 81.7 cm³/mol. The van der Waals surface area contributed by atoms with E-state index in [0.717, 1.165) is 23.9 Å².